The highest BCUT2D eigenvalue weighted by Gasteiger charge is 2.40. The van der Waals surface area contributed by atoms with Crippen molar-refractivity contribution in [3.63, 3.8) is 0 Å². The van der Waals surface area contributed by atoms with Crippen LogP contribution in [0.4, 0.5) is 4.79 Å². The fraction of sp³-hybridized carbons (Fsp3) is 0.867. The van der Waals surface area contributed by atoms with Crippen LogP contribution in [0.15, 0.2) is 0 Å². The molecule has 0 aromatic heterocycles. The standard InChI is InChI=1S/C15H26N2O3/c1-11-8-17(9-12(11)2)14(20)16-10-15(13(18)19)6-4-3-5-7-15/h11-12H,3-10H2,1-2H3,(H,16,20)(H,18,19). The molecular weight excluding hydrogens is 256 g/mol. The third-order valence-electron chi connectivity index (χ3n) is 5.12. The Kier molecular flexibility index (Phi) is 4.55. The maximum atomic E-state index is 12.2. The van der Waals surface area contributed by atoms with Gasteiger partial charge in [-0.3, -0.25) is 4.79 Å². The predicted molar refractivity (Wildman–Crippen MR) is 76.5 cm³/mol. The lowest BCUT2D eigenvalue weighted by Crippen LogP contribution is -2.48. The van der Waals surface area contributed by atoms with E-state index in [4.69, 9.17) is 0 Å². The Labute approximate surface area is 120 Å². The van der Waals surface area contributed by atoms with Crippen molar-refractivity contribution in [3.8, 4) is 0 Å². The molecule has 2 rings (SSSR count). The van der Waals surface area contributed by atoms with Crippen molar-refractivity contribution in [1.29, 1.82) is 0 Å². The normalized spacial score (nSPS) is 29.2. The molecule has 5 nitrogen and oxygen atoms in total. The second kappa shape index (κ2) is 6.02. The van der Waals surface area contributed by atoms with Gasteiger partial charge < -0.3 is 15.3 Å². The number of hydrogen-bond acceptors (Lipinski definition) is 2. The van der Waals surface area contributed by atoms with E-state index >= 15 is 0 Å². The number of amides is 2. The lowest BCUT2D eigenvalue weighted by atomic mass is 9.74. The third kappa shape index (κ3) is 3.07. The van der Waals surface area contributed by atoms with Gasteiger partial charge in [-0.1, -0.05) is 33.1 Å². The Morgan fingerprint density at radius 2 is 1.70 bits per heavy atom. The zero-order valence-electron chi connectivity index (χ0n) is 12.5. The molecule has 5 heteroatoms. The van der Waals surface area contributed by atoms with Crippen LogP contribution < -0.4 is 5.32 Å². The molecule has 2 atom stereocenters. The summed E-state index contributed by atoms with van der Waals surface area (Å²) < 4.78 is 0. The molecule has 20 heavy (non-hydrogen) atoms. The molecule has 2 amide bonds. The van der Waals surface area contributed by atoms with Crippen LogP contribution in [0.25, 0.3) is 0 Å². The second-order valence-corrected chi connectivity index (χ2v) is 6.66. The highest BCUT2D eigenvalue weighted by molar-refractivity contribution is 5.78. The van der Waals surface area contributed by atoms with E-state index in [9.17, 15) is 14.7 Å². The van der Waals surface area contributed by atoms with Gasteiger partial charge in [0.25, 0.3) is 0 Å². The number of carboxylic acids is 1. The summed E-state index contributed by atoms with van der Waals surface area (Å²) in [6.07, 6.45) is 4.34. The zero-order valence-corrected chi connectivity index (χ0v) is 12.5. The van der Waals surface area contributed by atoms with E-state index in [2.05, 4.69) is 19.2 Å². The highest BCUT2D eigenvalue weighted by Crippen LogP contribution is 2.36. The average molecular weight is 282 g/mol. The molecule has 114 valence electrons. The van der Waals surface area contributed by atoms with Crippen molar-refractivity contribution in [3.05, 3.63) is 0 Å². The molecule has 1 saturated carbocycles. The van der Waals surface area contributed by atoms with Gasteiger partial charge in [-0.15, -0.1) is 0 Å². The van der Waals surface area contributed by atoms with Gasteiger partial charge in [-0.05, 0) is 24.7 Å². The molecule has 1 saturated heterocycles. The van der Waals surface area contributed by atoms with Gasteiger partial charge in [0.05, 0.1) is 5.41 Å². The van der Waals surface area contributed by atoms with E-state index < -0.39 is 11.4 Å². The molecule has 0 aromatic carbocycles. The number of carbonyl (C=O) groups excluding carboxylic acids is 1. The van der Waals surface area contributed by atoms with Gasteiger partial charge in [0, 0.05) is 19.6 Å². The first-order valence-electron chi connectivity index (χ1n) is 7.71. The van der Waals surface area contributed by atoms with Gasteiger partial charge in [0.2, 0.25) is 0 Å². The molecule has 2 N–H and O–H groups in total. The monoisotopic (exact) mass is 282 g/mol. The Hall–Kier alpha value is -1.26. The first-order valence-corrected chi connectivity index (χ1v) is 7.71. The summed E-state index contributed by atoms with van der Waals surface area (Å²) in [6.45, 7) is 6.11. The maximum absolute atomic E-state index is 12.2. The van der Waals surface area contributed by atoms with Crippen LogP contribution in [0.3, 0.4) is 0 Å². The molecule has 1 heterocycles. The summed E-state index contributed by atoms with van der Waals surface area (Å²) in [6, 6.07) is -0.104. The van der Waals surface area contributed by atoms with E-state index in [-0.39, 0.29) is 12.6 Å². The number of likely N-dealkylation sites (tertiary alicyclic amines) is 1. The Bertz CT molecular complexity index is 367. The minimum Gasteiger partial charge on any atom is -0.481 e. The summed E-state index contributed by atoms with van der Waals surface area (Å²) in [5.41, 5.74) is -0.745. The number of carbonyl (C=O) groups is 2. The smallest absolute Gasteiger partial charge is 0.317 e. The van der Waals surface area contributed by atoms with Gasteiger partial charge >= 0.3 is 12.0 Å². The highest BCUT2D eigenvalue weighted by atomic mass is 16.4. The number of rotatable bonds is 3. The Morgan fingerprint density at radius 3 is 2.20 bits per heavy atom. The molecule has 0 aromatic rings. The summed E-state index contributed by atoms with van der Waals surface area (Å²) in [7, 11) is 0. The largest absolute Gasteiger partial charge is 0.481 e. The van der Waals surface area contributed by atoms with E-state index in [1.807, 2.05) is 4.90 Å². The summed E-state index contributed by atoms with van der Waals surface area (Å²) in [4.78, 5) is 25.5. The first kappa shape index (κ1) is 15.1. The maximum Gasteiger partial charge on any atom is 0.317 e. The summed E-state index contributed by atoms with van der Waals surface area (Å²) in [5, 5.41) is 12.3. The van der Waals surface area contributed by atoms with Crippen molar-refractivity contribution in [1.82, 2.24) is 10.2 Å². The van der Waals surface area contributed by atoms with Crippen LogP contribution in [-0.2, 0) is 4.79 Å². The number of urea groups is 1. The summed E-state index contributed by atoms with van der Waals surface area (Å²) >= 11 is 0. The number of aliphatic carboxylic acids is 1. The van der Waals surface area contributed by atoms with Crippen LogP contribution >= 0.6 is 0 Å². The SMILES string of the molecule is CC1CN(C(=O)NCC2(C(=O)O)CCCCC2)CC1C. The molecule has 2 unspecified atom stereocenters. The van der Waals surface area contributed by atoms with Gasteiger partial charge in [-0.2, -0.15) is 0 Å². The lowest BCUT2D eigenvalue weighted by molar-refractivity contribution is -0.150. The molecule has 0 bridgehead atoms. The quantitative estimate of drug-likeness (QED) is 0.834. The minimum atomic E-state index is -0.763. The Morgan fingerprint density at radius 1 is 1.15 bits per heavy atom. The molecule has 0 spiro atoms. The molecule has 2 aliphatic rings. The van der Waals surface area contributed by atoms with E-state index in [0.29, 0.717) is 24.7 Å². The fourth-order valence-electron chi connectivity index (χ4n) is 3.35. The fourth-order valence-corrected chi connectivity index (χ4v) is 3.35. The first-order chi connectivity index (χ1) is 9.44. The molecular formula is C15H26N2O3. The average Bonchev–Trinajstić information content (AvgIpc) is 2.77. The van der Waals surface area contributed by atoms with Gasteiger partial charge in [0.1, 0.15) is 0 Å². The molecule has 2 fully saturated rings. The van der Waals surface area contributed by atoms with Crippen molar-refractivity contribution in [2.75, 3.05) is 19.6 Å². The Balaban J connectivity index is 1.90. The van der Waals surface area contributed by atoms with E-state index in [0.717, 1.165) is 32.4 Å². The van der Waals surface area contributed by atoms with E-state index in [1.54, 1.807) is 0 Å². The van der Waals surface area contributed by atoms with Crippen molar-refractivity contribution < 1.29 is 14.7 Å². The zero-order chi connectivity index (χ0) is 14.8. The third-order valence-corrected chi connectivity index (χ3v) is 5.12. The van der Waals surface area contributed by atoms with Crippen LogP contribution in [0.5, 0.6) is 0 Å². The van der Waals surface area contributed by atoms with Crippen LogP contribution in [0, 0.1) is 17.3 Å². The van der Waals surface area contributed by atoms with Crippen molar-refractivity contribution in [2.45, 2.75) is 46.0 Å². The number of nitrogens with zero attached hydrogens (tertiary/aromatic N) is 1. The van der Waals surface area contributed by atoms with Crippen molar-refractivity contribution in [2.24, 2.45) is 17.3 Å². The molecule has 0 radical (unpaired) electrons. The molecule has 1 aliphatic heterocycles. The van der Waals surface area contributed by atoms with Crippen molar-refractivity contribution >= 4 is 12.0 Å². The summed E-state index contributed by atoms with van der Waals surface area (Å²) in [5.74, 6) is 0.272. The predicted octanol–water partition coefficient (Wildman–Crippen LogP) is 2.32. The number of carboxylic acid groups (broad SMARTS) is 1. The van der Waals surface area contributed by atoms with Gasteiger partial charge in [-0.25, -0.2) is 4.79 Å². The number of hydrogen-bond donors (Lipinski definition) is 2. The topological polar surface area (TPSA) is 69.6 Å². The lowest BCUT2D eigenvalue weighted by Gasteiger charge is -2.33. The van der Waals surface area contributed by atoms with Gasteiger partial charge in [0.15, 0.2) is 0 Å². The molecule has 1 aliphatic carbocycles. The van der Waals surface area contributed by atoms with Crippen LogP contribution in [-0.4, -0.2) is 41.6 Å². The number of nitrogens with one attached hydrogen (secondary N) is 1. The van der Waals surface area contributed by atoms with E-state index in [1.165, 1.54) is 0 Å². The van der Waals surface area contributed by atoms with Crippen LogP contribution in [0.2, 0.25) is 0 Å². The minimum absolute atomic E-state index is 0.104. The van der Waals surface area contributed by atoms with Crippen LogP contribution in [0.1, 0.15) is 46.0 Å². The second-order valence-electron chi connectivity index (χ2n) is 6.66.